The highest BCUT2D eigenvalue weighted by Crippen LogP contribution is 2.29. The predicted octanol–water partition coefficient (Wildman–Crippen LogP) is 5.15. The Morgan fingerprint density at radius 1 is 1.04 bits per heavy atom. The number of benzene rings is 2. The average Bonchev–Trinajstić information content (AvgIpc) is 2.93. The number of aromatic nitrogens is 1. The molecule has 0 saturated heterocycles. The minimum absolute atomic E-state index is 0.594. The van der Waals surface area contributed by atoms with Gasteiger partial charge in [0, 0.05) is 11.1 Å². The van der Waals surface area contributed by atoms with Crippen LogP contribution in [0.25, 0.3) is 10.9 Å². The van der Waals surface area contributed by atoms with Crippen LogP contribution in [0.4, 0.5) is 13.2 Å². The lowest BCUT2D eigenvalue weighted by Crippen LogP contribution is -2.04. The first-order valence-corrected chi connectivity index (χ1v) is 7.56. The molecule has 0 saturated carbocycles. The van der Waals surface area contributed by atoms with Crippen molar-refractivity contribution in [2.75, 3.05) is 0 Å². The van der Waals surface area contributed by atoms with Gasteiger partial charge in [-0.15, -0.1) is 0 Å². The second kappa shape index (κ2) is 6.04. The molecule has 0 fully saturated rings. The maximum Gasteiger partial charge on any atom is 0.416 e. The summed E-state index contributed by atoms with van der Waals surface area (Å²) in [4.78, 5) is 3.19. The summed E-state index contributed by atoms with van der Waals surface area (Å²) in [7, 11) is 0. The molecule has 1 N–H and O–H groups in total. The van der Waals surface area contributed by atoms with Gasteiger partial charge in [0.05, 0.1) is 16.6 Å². The number of aromatic amines is 1. The Kier molecular flexibility index (Phi) is 4.06. The largest absolute Gasteiger partial charge is 0.416 e. The average molecular weight is 328 g/mol. The third-order valence-electron chi connectivity index (χ3n) is 4.10. The molecule has 122 valence electrons. The first-order valence-electron chi connectivity index (χ1n) is 7.56. The number of rotatable bonds is 3. The Labute approximate surface area is 137 Å². The fourth-order valence-corrected chi connectivity index (χ4v) is 2.86. The molecule has 2 nitrogen and oxygen atoms in total. The van der Waals surface area contributed by atoms with Gasteiger partial charge in [0.2, 0.25) is 0 Å². The fourth-order valence-electron chi connectivity index (χ4n) is 2.86. The lowest BCUT2D eigenvalue weighted by Gasteiger charge is -2.08. The molecule has 0 spiro atoms. The number of fused-ring (bicyclic) bond motifs is 1. The Morgan fingerprint density at radius 3 is 2.38 bits per heavy atom. The molecule has 0 unspecified atom stereocenters. The SMILES string of the molecule is Cc1cc2c(CCc3ccc(C(F)(F)F)cc3)ccc(C#N)c2[nH]1. The van der Waals surface area contributed by atoms with E-state index in [2.05, 4.69) is 11.1 Å². The van der Waals surface area contributed by atoms with Crippen LogP contribution in [0.1, 0.15) is 27.9 Å². The van der Waals surface area contributed by atoms with E-state index < -0.39 is 11.7 Å². The predicted molar refractivity (Wildman–Crippen MR) is 86.6 cm³/mol. The maximum absolute atomic E-state index is 12.6. The number of hydrogen-bond acceptors (Lipinski definition) is 1. The molecule has 24 heavy (non-hydrogen) atoms. The fraction of sp³-hybridized carbons (Fsp3) is 0.211. The summed E-state index contributed by atoms with van der Waals surface area (Å²) in [6.07, 6.45) is -2.96. The van der Waals surface area contributed by atoms with Crippen molar-refractivity contribution >= 4 is 10.9 Å². The molecular formula is C19H15F3N2. The van der Waals surface area contributed by atoms with E-state index in [4.69, 9.17) is 0 Å². The Balaban J connectivity index is 1.83. The van der Waals surface area contributed by atoms with E-state index in [0.717, 1.165) is 39.9 Å². The second-order valence-electron chi connectivity index (χ2n) is 5.82. The first kappa shape index (κ1) is 16.1. The molecule has 2 aromatic carbocycles. The molecule has 1 aromatic heterocycles. The third-order valence-corrected chi connectivity index (χ3v) is 4.10. The number of nitrogens with one attached hydrogen (secondary N) is 1. The van der Waals surface area contributed by atoms with Crippen molar-refractivity contribution in [2.45, 2.75) is 25.9 Å². The van der Waals surface area contributed by atoms with Crippen molar-refractivity contribution in [3.05, 3.63) is 70.4 Å². The standard InChI is InChI=1S/C19H15F3N2/c1-12-10-17-14(6-7-15(11-23)18(17)24-12)5-2-13-3-8-16(9-4-13)19(20,21)22/h3-4,6-10,24H,2,5H2,1H3. The number of H-pyrrole nitrogens is 1. The first-order chi connectivity index (χ1) is 11.4. The molecule has 0 aliphatic carbocycles. The van der Waals surface area contributed by atoms with Gasteiger partial charge in [0.15, 0.2) is 0 Å². The zero-order valence-corrected chi connectivity index (χ0v) is 13.0. The summed E-state index contributed by atoms with van der Waals surface area (Å²) < 4.78 is 37.8. The highest BCUT2D eigenvalue weighted by molar-refractivity contribution is 5.88. The van der Waals surface area contributed by atoms with Crippen molar-refractivity contribution in [2.24, 2.45) is 0 Å². The third kappa shape index (κ3) is 3.13. The van der Waals surface area contributed by atoms with E-state index in [1.165, 1.54) is 12.1 Å². The summed E-state index contributed by atoms with van der Waals surface area (Å²) >= 11 is 0. The smallest absolute Gasteiger partial charge is 0.358 e. The minimum atomic E-state index is -4.31. The van der Waals surface area contributed by atoms with Crippen LogP contribution < -0.4 is 0 Å². The molecule has 3 rings (SSSR count). The molecular weight excluding hydrogens is 313 g/mol. The molecule has 0 radical (unpaired) electrons. The maximum atomic E-state index is 12.6. The van der Waals surface area contributed by atoms with Crippen LogP contribution in [-0.4, -0.2) is 4.98 Å². The monoisotopic (exact) mass is 328 g/mol. The second-order valence-corrected chi connectivity index (χ2v) is 5.82. The van der Waals surface area contributed by atoms with Gasteiger partial charge in [0.25, 0.3) is 0 Å². The zero-order chi connectivity index (χ0) is 17.3. The number of hydrogen-bond donors (Lipinski definition) is 1. The number of halogens is 3. The highest BCUT2D eigenvalue weighted by atomic mass is 19.4. The van der Waals surface area contributed by atoms with Gasteiger partial charge in [-0.05, 0) is 55.2 Å². The number of alkyl halides is 3. The molecule has 1 heterocycles. The van der Waals surface area contributed by atoms with Crippen LogP contribution in [0.5, 0.6) is 0 Å². The van der Waals surface area contributed by atoms with Gasteiger partial charge in [-0.1, -0.05) is 18.2 Å². The van der Waals surface area contributed by atoms with Crippen LogP contribution in [0.15, 0.2) is 42.5 Å². The van der Waals surface area contributed by atoms with Crippen LogP contribution in [0, 0.1) is 18.3 Å². The Hall–Kier alpha value is -2.74. The summed E-state index contributed by atoms with van der Waals surface area (Å²) in [5.74, 6) is 0. The van der Waals surface area contributed by atoms with Gasteiger partial charge in [0.1, 0.15) is 6.07 Å². The van der Waals surface area contributed by atoms with Crippen LogP contribution in [0.2, 0.25) is 0 Å². The van der Waals surface area contributed by atoms with Crippen molar-refractivity contribution in [3.8, 4) is 6.07 Å². The minimum Gasteiger partial charge on any atom is -0.358 e. The topological polar surface area (TPSA) is 39.6 Å². The lowest BCUT2D eigenvalue weighted by atomic mass is 9.99. The molecule has 0 bridgehead atoms. The molecule has 5 heteroatoms. The van der Waals surface area contributed by atoms with Gasteiger partial charge >= 0.3 is 6.18 Å². The summed E-state index contributed by atoms with van der Waals surface area (Å²) in [5, 5.41) is 10.2. The van der Waals surface area contributed by atoms with Gasteiger partial charge in [-0.25, -0.2) is 0 Å². The molecule has 0 atom stereocenters. The highest BCUT2D eigenvalue weighted by Gasteiger charge is 2.29. The van der Waals surface area contributed by atoms with Crippen LogP contribution >= 0.6 is 0 Å². The Morgan fingerprint density at radius 2 is 1.75 bits per heavy atom. The van der Waals surface area contributed by atoms with E-state index in [1.807, 2.05) is 19.1 Å². The molecule has 0 aliphatic heterocycles. The van der Waals surface area contributed by atoms with Crippen LogP contribution in [-0.2, 0) is 19.0 Å². The van der Waals surface area contributed by atoms with Crippen molar-refractivity contribution in [1.82, 2.24) is 4.98 Å². The Bertz CT molecular complexity index is 913. The molecule has 3 aromatic rings. The quantitative estimate of drug-likeness (QED) is 0.709. The van der Waals surface area contributed by atoms with Gasteiger partial charge in [-0.3, -0.25) is 0 Å². The zero-order valence-electron chi connectivity index (χ0n) is 13.0. The summed E-state index contributed by atoms with van der Waals surface area (Å²) in [6, 6.07) is 13.1. The summed E-state index contributed by atoms with van der Waals surface area (Å²) in [6.45, 7) is 1.93. The summed E-state index contributed by atoms with van der Waals surface area (Å²) in [5.41, 5.74) is 3.69. The molecule has 0 aliphatic rings. The lowest BCUT2D eigenvalue weighted by molar-refractivity contribution is -0.137. The van der Waals surface area contributed by atoms with Crippen LogP contribution in [0.3, 0.4) is 0 Å². The van der Waals surface area contributed by atoms with Gasteiger partial charge < -0.3 is 4.98 Å². The van der Waals surface area contributed by atoms with Crippen molar-refractivity contribution < 1.29 is 13.2 Å². The van der Waals surface area contributed by atoms with E-state index in [-0.39, 0.29) is 0 Å². The number of nitrogens with zero attached hydrogens (tertiary/aromatic N) is 1. The molecule has 0 amide bonds. The van der Waals surface area contributed by atoms with E-state index in [9.17, 15) is 18.4 Å². The van der Waals surface area contributed by atoms with E-state index in [0.29, 0.717) is 18.4 Å². The normalized spacial score (nSPS) is 11.6. The van der Waals surface area contributed by atoms with E-state index >= 15 is 0 Å². The van der Waals surface area contributed by atoms with Crippen molar-refractivity contribution in [1.29, 1.82) is 5.26 Å². The van der Waals surface area contributed by atoms with Gasteiger partial charge in [-0.2, -0.15) is 18.4 Å². The number of aryl methyl sites for hydroxylation is 3. The van der Waals surface area contributed by atoms with Crippen molar-refractivity contribution in [3.63, 3.8) is 0 Å². The van der Waals surface area contributed by atoms with E-state index in [1.54, 1.807) is 6.07 Å². The number of nitriles is 1.